The third-order valence-electron chi connectivity index (χ3n) is 2.52. The number of amides is 1. The molecule has 0 aliphatic carbocycles. The predicted octanol–water partition coefficient (Wildman–Crippen LogP) is 0.408. The van der Waals surface area contributed by atoms with E-state index in [2.05, 4.69) is 10.6 Å². The summed E-state index contributed by atoms with van der Waals surface area (Å²) in [7, 11) is 1.74. The number of rotatable bonds is 7. The first-order valence-corrected chi connectivity index (χ1v) is 5.84. The number of carbonyl (C=O) groups is 2. The van der Waals surface area contributed by atoms with Crippen LogP contribution in [0.25, 0.3) is 0 Å². The van der Waals surface area contributed by atoms with Crippen molar-refractivity contribution in [2.24, 2.45) is 0 Å². The first-order valence-electron chi connectivity index (χ1n) is 5.84. The van der Waals surface area contributed by atoms with E-state index in [1.165, 1.54) is 0 Å². The van der Waals surface area contributed by atoms with Crippen LogP contribution < -0.4 is 10.6 Å². The molecular formula is C13H18N2O3. The van der Waals surface area contributed by atoms with Gasteiger partial charge in [0.2, 0.25) is 5.91 Å². The molecule has 5 heteroatoms. The van der Waals surface area contributed by atoms with Crippen LogP contribution in [0.4, 0.5) is 0 Å². The molecule has 0 spiro atoms. The minimum absolute atomic E-state index is 0.257. The normalized spacial score (nSPS) is 11.8. The first-order chi connectivity index (χ1) is 8.63. The first kappa shape index (κ1) is 14.2. The van der Waals surface area contributed by atoms with Gasteiger partial charge in [-0.1, -0.05) is 30.3 Å². The molecule has 5 nitrogen and oxygen atoms in total. The van der Waals surface area contributed by atoms with Crippen LogP contribution in [0.5, 0.6) is 0 Å². The number of nitrogens with one attached hydrogen (secondary N) is 2. The largest absolute Gasteiger partial charge is 0.480 e. The minimum Gasteiger partial charge on any atom is -0.480 e. The summed E-state index contributed by atoms with van der Waals surface area (Å²) in [5, 5.41) is 14.4. The average Bonchev–Trinajstić information content (AvgIpc) is 2.36. The SMILES string of the molecule is CNCCC(=O)NC(Cc1ccccc1)C(=O)O. The molecular weight excluding hydrogens is 232 g/mol. The predicted molar refractivity (Wildman–Crippen MR) is 68.3 cm³/mol. The molecule has 18 heavy (non-hydrogen) atoms. The van der Waals surface area contributed by atoms with Crippen LogP contribution in [0.3, 0.4) is 0 Å². The molecule has 0 radical (unpaired) electrons. The van der Waals surface area contributed by atoms with Gasteiger partial charge in [0.1, 0.15) is 6.04 Å². The standard InChI is InChI=1S/C13H18N2O3/c1-14-8-7-12(16)15-11(13(17)18)9-10-5-3-2-4-6-10/h2-6,11,14H,7-9H2,1H3,(H,15,16)(H,17,18). The Morgan fingerprint density at radius 2 is 1.94 bits per heavy atom. The van der Waals surface area contributed by atoms with Crippen molar-refractivity contribution in [3.8, 4) is 0 Å². The quantitative estimate of drug-likeness (QED) is 0.655. The zero-order valence-corrected chi connectivity index (χ0v) is 10.3. The van der Waals surface area contributed by atoms with Crippen LogP contribution in [0.2, 0.25) is 0 Å². The Morgan fingerprint density at radius 1 is 1.28 bits per heavy atom. The van der Waals surface area contributed by atoms with Crippen LogP contribution in [-0.4, -0.2) is 36.6 Å². The summed E-state index contributed by atoms with van der Waals surface area (Å²) >= 11 is 0. The molecule has 0 bridgehead atoms. The topological polar surface area (TPSA) is 78.4 Å². The maximum atomic E-state index is 11.5. The van der Waals surface area contributed by atoms with E-state index in [9.17, 15) is 9.59 Å². The summed E-state index contributed by atoms with van der Waals surface area (Å²) in [6, 6.07) is 8.36. The number of hydrogen-bond acceptors (Lipinski definition) is 3. The van der Waals surface area contributed by atoms with Gasteiger partial charge < -0.3 is 15.7 Å². The fraction of sp³-hybridized carbons (Fsp3) is 0.385. The molecule has 1 rings (SSSR count). The van der Waals surface area contributed by atoms with E-state index < -0.39 is 12.0 Å². The van der Waals surface area contributed by atoms with Crippen LogP contribution in [-0.2, 0) is 16.0 Å². The molecule has 0 heterocycles. The van der Waals surface area contributed by atoms with Gasteiger partial charge in [-0.25, -0.2) is 4.79 Å². The fourth-order valence-corrected chi connectivity index (χ4v) is 1.55. The molecule has 0 fully saturated rings. The second-order valence-electron chi connectivity index (χ2n) is 4.00. The Hall–Kier alpha value is -1.88. The Morgan fingerprint density at radius 3 is 2.50 bits per heavy atom. The van der Waals surface area contributed by atoms with Gasteiger partial charge in [0.05, 0.1) is 0 Å². The van der Waals surface area contributed by atoms with Crippen molar-refractivity contribution in [3.63, 3.8) is 0 Å². The third kappa shape index (κ3) is 4.97. The lowest BCUT2D eigenvalue weighted by atomic mass is 10.1. The van der Waals surface area contributed by atoms with Crippen LogP contribution in [0, 0.1) is 0 Å². The van der Waals surface area contributed by atoms with Crippen molar-refractivity contribution >= 4 is 11.9 Å². The van der Waals surface area contributed by atoms with Crippen LogP contribution in [0.1, 0.15) is 12.0 Å². The smallest absolute Gasteiger partial charge is 0.326 e. The summed E-state index contributed by atoms with van der Waals surface area (Å²) in [6.45, 7) is 0.531. The molecule has 0 aliphatic rings. The van der Waals surface area contributed by atoms with Gasteiger partial charge in [-0.05, 0) is 12.6 Å². The summed E-state index contributed by atoms with van der Waals surface area (Å²) < 4.78 is 0. The Labute approximate surface area is 106 Å². The molecule has 0 saturated carbocycles. The fourth-order valence-electron chi connectivity index (χ4n) is 1.55. The molecule has 1 atom stereocenters. The molecule has 1 amide bonds. The van der Waals surface area contributed by atoms with E-state index >= 15 is 0 Å². The lowest BCUT2D eigenvalue weighted by molar-refractivity contribution is -0.141. The van der Waals surface area contributed by atoms with E-state index in [4.69, 9.17) is 5.11 Å². The van der Waals surface area contributed by atoms with Crippen molar-refractivity contribution in [2.75, 3.05) is 13.6 Å². The van der Waals surface area contributed by atoms with Crippen LogP contribution >= 0.6 is 0 Å². The Bertz CT molecular complexity index is 392. The van der Waals surface area contributed by atoms with Gasteiger partial charge in [0.25, 0.3) is 0 Å². The van der Waals surface area contributed by atoms with Gasteiger partial charge in [0.15, 0.2) is 0 Å². The van der Waals surface area contributed by atoms with Crippen molar-refractivity contribution < 1.29 is 14.7 Å². The number of aliphatic carboxylic acids is 1. The third-order valence-corrected chi connectivity index (χ3v) is 2.52. The highest BCUT2D eigenvalue weighted by Gasteiger charge is 2.19. The van der Waals surface area contributed by atoms with E-state index in [1.807, 2.05) is 30.3 Å². The summed E-state index contributed by atoms with van der Waals surface area (Å²) in [4.78, 5) is 22.6. The van der Waals surface area contributed by atoms with Gasteiger partial charge in [-0.3, -0.25) is 4.79 Å². The number of carboxylic acids is 1. The van der Waals surface area contributed by atoms with Gasteiger partial charge in [-0.2, -0.15) is 0 Å². The summed E-state index contributed by atoms with van der Waals surface area (Å²) in [6.07, 6.45) is 0.566. The van der Waals surface area contributed by atoms with Crippen molar-refractivity contribution in [1.82, 2.24) is 10.6 Å². The summed E-state index contributed by atoms with van der Waals surface area (Å²) in [5.41, 5.74) is 0.888. The highest BCUT2D eigenvalue weighted by atomic mass is 16.4. The second kappa shape index (κ2) is 7.45. The monoisotopic (exact) mass is 250 g/mol. The maximum absolute atomic E-state index is 11.5. The van der Waals surface area contributed by atoms with Gasteiger partial charge >= 0.3 is 5.97 Å². The Kier molecular flexibility index (Phi) is 5.87. The van der Waals surface area contributed by atoms with Gasteiger partial charge in [-0.15, -0.1) is 0 Å². The molecule has 1 aromatic rings. The highest BCUT2D eigenvalue weighted by molar-refractivity contribution is 5.83. The molecule has 0 saturated heterocycles. The minimum atomic E-state index is -1.02. The lowest BCUT2D eigenvalue weighted by Gasteiger charge is -2.14. The van der Waals surface area contributed by atoms with Crippen LogP contribution in [0.15, 0.2) is 30.3 Å². The Balaban J connectivity index is 2.55. The van der Waals surface area contributed by atoms with Gasteiger partial charge in [0, 0.05) is 19.4 Å². The summed E-state index contributed by atoms with van der Waals surface area (Å²) in [5.74, 6) is -1.27. The van der Waals surface area contributed by atoms with E-state index in [0.29, 0.717) is 13.0 Å². The highest BCUT2D eigenvalue weighted by Crippen LogP contribution is 2.03. The second-order valence-corrected chi connectivity index (χ2v) is 4.00. The maximum Gasteiger partial charge on any atom is 0.326 e. The molecule has 1 aromatic carbocycles. The number of benzene rings is 1. The lowest BCUT2D eigenvalue weighted by Crippen LogP contribution is -2.43. The average molecular weight is 250 g/mol. The number of carboxylic acid groups (broad SMARTS) is 1. The van der Waals surface area contributed by atoms with E-state index in [-0.39, 0.29) is 12.3 Å². The van der Waals surface area contributed by atoms with Crippen molar-refractivity contribution in [2.45, 2.75) is 18.9 Å². The van der Waals surface area contributed by atoms with Crippen molar-refractivity contribution in [1.29, 1.82) is 0 Å². The zero-order chi connectivity index (χ0) is 13.4. The molecule has 1 unspecified atom stereocenters. The van der Waals surface area contributed by atoms with E-state index in [0.717, 1.165) is 5.56 Å². The molecule has 0 aliphatic heterocycles. The van der Waals surface area contributed by atoms with Crippen molar-refractivity contribution in [3.05, 3.63) is 35.9 Å². The molecule has 3 N–H and O–H groups in total. The molecule has 98 valence electrons. The number of carbonyl (C=O) groups excluding carboxylic acids is 1. The molecule has 0 aromatic heterocycles. The zero-order valence-electron chi connectivity index (χ0n) is 10.3. The number of hydrogen-bond donors (Lipinski definition) is 3. The van der Waals surface area contributed by atoms with E-state index in [1.54, 1.807) is 7.05 Å².